The quantitative estimate of drug-likeness (QED) is 0.786. The van der Waals surface area contributed by atoms with Crippen LogP contribution in [0.15, 0.2) is 24.3 Å². The van der Waals surface area contributed by atoms with E-state index in [1.807, 2.05) is 54.5 Å². The zero-order valence-electron chi connectivity index (χ0n) is 15.5. The van der Waals surface area contributed by atoms with Gasteiger partial charge < -0.3 is 15.1 Å². The molecule has 7 heteroatoms. The molecule has 0 aromatic heterocycles. The molecule has 0 saturated carbocycles. The number of amides is 3. The van der Waals surface area contributed by atoms with E-state index in [4.69, 9.17) is 11.6 Å². The summed E-state index contributed by atoms with van der Waals surface area (Å²) >= 11 is 7.89. The zero-order chi connectivity index (χ0) is 18.9. The van der Waals surface area contributed by atoms with E-state index in [2.05, 4.69) is 5.32 Å². The molecule has 1 aromatic rings. The molecule has 5 nitrogen and oxygen atoms in total. The van der Waals surface area contributed by atoms with Crippen LogP contribution in [0.3, 0.4) is 0 Å². The van der Waals surface area contributed by atoms with Crippen molar-refractivity contribution in [2.75, 3.05) is 25.4 Å². The van der Waals surface area contributed by atoms with E-state index in [9.17, 15) is 9.59 Å². The first-order valence-corrected chi connectivity index (χ1v) is 10.4. The van der Waals surface area contributed by atoms with Crippen LogP contribution in [0, 0.1) is 0 Å². The van der Waals surface area contributed by atoms with Crippen molar-refractivity contribution in [3.05, 3.63) is 34.9 Å². The molecule has 3 rings (SSSR count). The van der Waals surface area contributed by atoms with Gasteiger partial charge in [-0.25, -0.2) is 4.79 Å². The van der Waals surface area contributed by atoms with Gasteiger partial charge in [-0.15, -0.1) is 11.8 Å². The first-order valence-electron chi connectivity index (χ1n) is 8.99. The predicted molar refractivity (Wildman–Crippen MR) is 107 cm³/mol. The van der Waals surface area contributed by atoms with Crippen LogP contribution in [-0.2, 0) is 0 Å². The summed E-state index contributed by atoms with van der Waals surface area (Å²) in [5, 5.41) is 3.59. The molecule has 1 aromatic carbocycles. The van der Waals surface area contributed by atoms with E-state index < -0.39 is 0 Å². The van der Waals surface area contributed by atoms with Crippen molar-refractivity contribution in [1.82, 2.24) is 15.1 Å². The van der Waals surface area contributed by atoms with Crippen LogP contribution in [0.4, 0.5) is 4.79 Å². The largest absolute Gasteiger partial charge is 0.333 e. The van der Waals surface area contributed by atoms with E-state index in [0.29, 0.717) is 23.7 Å². The number of rotatable bonds is 1. The number of hydrogen-bond acceptors (Lipinski definition) is 3. The van der Waals surface area contributed by atoms with Crippen molar-refractivity contribution in [2.45, 2.75) is 44.0 Å². The Hall–Kier alpha value is -1.40. The summed E-state index contributed by atoms with van der Waals surface area (Å²) in [5.41, 5.74) is 0.385. The minimum absolute atomic E-state index is 0.0249. The number of nitrogens with zero attached hydrogens (tertiary/aromatic N) is 2. The average molecular weight is 396 g/mol. The minimum atomic E-state index is -0.247. The maximum Gasteiger partial charge on any atom is 0.317 e. The Balaban J connectivity index is 1.69. The highest BCUT2D eigenvalue weighted by Crippen LogP contribution is 2.44. The molecule has 2 fully saturated rings. The second-order valence-electron chi connectivity index (χ2n) is 7.93. The number of benzene rings is 1. The Labute approximate surface area is 164 Å². The van der Waals surface area contributed by atoms with Crippen LogP contribution in [0.25, 0.3) is 0 Å². The zero-order valence-corrected chi connectivity index (χ0v) is 17.1. The number of urea groups is 1. The molecule has 2 aliphatic rings. The highest BCUT2D eigenvalue weighted by atomic mass is 35.5. The molecule has 0 radical (unpaired) electrons. The van der Waals surface area contributed by atoms with Crippen LogP contribution < -0.4 is 5.32 Å². The molecule has 0 aliphatic carbocycles. The molecule has 0 atom stereocenters. The van der Waals surface area contributed by atoms with Crippen molar-refractivity contribution < 1.29 is 9.59 Å². The van der Waals surface area contributed by atoms with Crippen molar-refractivity contribution >= 4 is 35.3 Å². The normalized spacial score (nSPS) is 19.7. The summed E-state index contributed by atoms with van der Waals surface area (Å²) in [6.07, 6.45) is 1.59. The van der Waals surface area contributed by atoms with E-state index in [-0.39, 0.29) is 22.3 Å². The topological polar surface area (TPSA) is 52.7 Å². The summed E-state index contributed by atoms with van der Waals surface area (Å²) in [5.74, 6) is 0.964. The van der Waals surface area contributed by atoms with E-state index in [0.717, 1.165) is 25.1 Å². The van der Waals surface area contributed by atoms with Crippen molar-refractivity contribution in [3.8, 4) is 0 Å². The lowest BCUT2D eigenvalue weighted by molar-refractivity contribution is 0.0579. The number of carbonyl (C=O) groups is 2. The lowest BCUT2D eigenvalue weighted by atomic mass is 10.0. The first kappa shape index (κ1) is 19.4. The van der Waals surface area contributed by atoms with Crippen molar-refractivity contribution in [1.29, 1.82) is 0 Å². The number of likely N-dealkylation sites (tertiary alicyclic amines) is 1. The van der Waals surface area contributed by atoms with E-state index >= 15 is 0 Å². The number of nitrogens with one attached hydrogen (secondary N) is 1. The molecule has 0 bridgehead atoms. The highest BCUT2D eigenvalue weighted by Gasteiger charge is 2.47. The number of hydrogen-bond donors (Lipinski definition) is 1. The van der Waals surface area contributed by atoms with Gasteiger partial charge in [-0.2, -0.15) is 0 Å². The van der Waals surface area contributed by atoms with Crippen molar-refractivity contribution in [3.63, 3.8) is 0 Å². The fourth-order valence-corrected chi connectivity index (χ4v) is 5.19. The molecule has 3 amide bonds. The number of thioether (sulfide) groups is 1. The first-order chi connectivity index (χ1) is 12.2. The second-order valence-corrected chi connectivity index (χ2v) is 9.82. The summed E-state index contributed by atoms with van der Waals surface area (Å²) in [6, 6.07) is 7.11. The summed E-state index contributed by atoms with van der Waals surface area (Å²) in [6.45, 7) is 8.00. The minimum Gasteiger partial charge on any atom is -0.333 e. The predicted octanol–water partition coefficient (Wildman–Crippen LogP) is 3.83. The fourth-order valence-electron chi connectivity index (χ4n) is 3.55. The third-order valence-corrected chi connectivity index (χ3v) is 6.60. The molecule has 26 heavy (non-hydrogen) atoms. The lowest BCUT2D eigenvalue weighted by Gasteiger charge is -2.44. The molecular weight excluding hydrogens is 370 g/mol. The second kappa shape index (κ2) is 7.31. The van der Waals surface area contributed by atoms with Gasteiger partial charge in [0.25, 0.3) is 5.91 Å². The Morgan fingerprint density at radius 3 is 2.50 bits per heavy atom. The molecular formula is C19H26ClN3O2S. The van der Waals surface area contributed by atoms with Gasteiger partial charge in [-0.05, 0) is 51.8 Å². The molecule has 2 heterocycles. The average Bonchev–Trinajstić information content (AvgIpc) is 2.96. The van der Waals surface area contributed by atoms with Crippen molar-refractivity contribution in [2.24, 2.45) is 0 Å². The standard InChI is InChI=1S/C19H26ClN3O2S/c1-18(2,3)21-17(25)22-9-7-19(8-10-22)23(11-12-26-19)16(24)14-5-4-6-15(20)13-14/h4-6,13H,7-12H2,1-3H3,(H,21,25). The Morgan fingerprint density at radius 2 is 1.88 bits per heavy atom. The Morgan fingerprint density at radius 1 is 1.19 bits per heavy atom. The van der Waals surface area contributed by atoms with Crippen LogP contribution in [-0.4, -0.2) is 57.5 Å². The van der Waals surface area contributed by atoms with E-state index in [1.54, 1.807) is 12.1 Å². The maximum atomic E-state index is 13.0. The smallest absolute Gasteiger partial charge is 0.317 e. The summed E-state index contributed by atoms with van der Waals surface area (Å²) in [7, 11) is 0. The van der Waals surface area contributed by atoms with Gasteiger partial charge in [0.15, 0.2) is 0 Å². The fraction of sp³-hybridized carbons (Fsp3) is 0.579. The SMILES string of the molecule is CC(C)(C)NC(=O)N1CCC2(CC1)SCCN2C(=O)c1cccc(Cl)c1. The van der Waals surface area contributed by atoms with Crippen LogP contribution >= 0.6 is 23.4 Å². The van der Waals surface area contributed by atoms with Gasteiger partial charge >= 0.3 is 6.03 Å². The van der Waals surface area contributed by atoms with Crippen LogP contribution in [0.1, 0.15) is 44.0 Å². The van der Waals surface area contributed by atoms with Gasteiger partial charge in [-0.1, -0.05) is 17.7 Å². The number of piperidine rings is 1. The molecule has 0 unspecified atom stereocenters. The molecule has 1 spiro atoms. The highest BCUT2D eigenvalue weighted by molar-refractivity contribution is 8.00. The Bertz CT molecular complexity index is 696. The molecule has 2 saturated heterocycles. The van der Waals surface area contributed by atoms with Gasteiger partial charge in [-0.3, -0.25) is 4.79 Å². The molecule has 2 aliphatic heterocycles. The third kappa shape index (κ3) is 4.12. The third-order valence-electron chi connectivity index (χ3n) is 4.81. The van der Waals surface area contributed by atoms with Gasteiger partial charge in [0, 0.05) is 41.5 Å². The molecule has 142 valence electrons. The van der Waals surface area contributed by atoms with Gasteiger partial charge in [0.2, 0.25) is 0 Å². The van der Waals surface area contributed by atoms with Gasteiger partial charge in [0.05, 0.1) is 4.87 Å². The summed E-state index contributed by atoms with van der Waals surface area (Å²) in [4.78, 5) is 29.1. The van der Waals surface area contributed by atoms with Crippen LogP contribution in [0.2, 0.25) is 5.02 Å². The van der Waals surface area contributed by atoms with Crippen LogP contribution in [0.5, 0.6) is 0 Å². The maximum absolute atomic E-state index is 13.0. The Kier molecular flexibility index (Phi) is 5.45. The number of carbonyl (C=O) groups excluding carboxylic acids is 2. The van der Waals surface area contributed by atoms with E-state index in [1.165, 1.54) is 0 Å². The summed E-state index contributed by atoms with van der Waals surface area (Å²) < 4.78 is 0. The molecule has 1 N–H and O–H groups in total. The van der Waals surface area contributed by atoms with Gasteiger partial charge in [0.1, 0.15) is 0 Å². The lowest BCUT2D eigenvalue weighted by Crippen LogP contribution is -2.56. The monoisotopic (exact) mass is 395 g/mol. The number of halogens is 1.